The Morgan fingerprint density at radius 1 is 0.929 bits per heavy atom. The molecule has 4 rings (SSSR count). The molecule has 0 saturated heterocycles. The second-order valence-corrected chi connectivity index (χ2v) is 9.42. The zero-order chi connectivity index (χ0) is 19.7. The van der Waals surface area contributed by atoms with E-state index in [0.29, 0.717) is 5.69 Å². The number of hydrogen-bond acceptors (Lipinski definition) is 2. The van der Waals surface area contributed by atoms with E-state index in [2.05, 4.69) is 44.3 Å². The number of aryl methyl sites for hydroxylation is 1. The summed E-state index contributed by atoms with van der Waals surface area (Å²) in [4.78, 5) is 0.253. The zero-order valence-corrected chi connectivity index (χ0v) is 17.9. The SMILES string of the molecule is CCCCn1c2ccc(Br)cc2c2cc(NS(=O)(=O)c3ccccc3)ccc21. The number of nitrogens with zero attached hydrogens (tertiary/aromatic N) is 1. The van der Waals surface area contributed by atoms with E-state index in [1.807, 2.05) is 24.3 Å². The highest BCUT2D eigenvalue weighted by molar-refractivity contribution is 9.10. The summed E-state index contributed by atoms with van der Waals surface area (Å²) in [5, 5.41) is 2.15. The summed E-state index contributed by atoms with van der Waals surface area (Å²) in [7, 11) is -3.62. The molecule has 0 aliphatic rings. The predicted octanol–water partition coefficient (Wildman–Crippen LogP) is 6.16. The Morgan fingerprint density at radius 2 is 1.61 bits per heavy atom. The van der Waals surface area contributed by atoms with Crippen LogP contribution in [0.25, 0.3) is 21.8 Å². The maximum absolute atomic E-state index is 12.7. The van der Waals surface area contributed by atoms with Crippen LogP contribution in [-0.2, 0) is 16.6 Å². The molecule has 0 fully saturated rings. The molecule has 0 atom stereocenters. The second kappa shape index (κ2) is 7.60. The first kappa shape index (κ1) is 19.0. The van der Waals surface area contributed by atoms with Gasteiger partial charge in [0.05, 0.1) is 4.90 Å². The number of aromatic nitrogens is 1. The minimum absolute atomic E-state index is 0.253. The van der Waals surface area contributed by atoms with E-state index in [1.54, 1.807) is 30.3 Å². The van der Waals surface area contributed by atoms with Gasteiger partial charge in [-0.2, -0.15) is 0 Å². The van der Waals surface area contributed by atoms with Gasteiger partial charge in [0.2, 0.25) is 0 Å². The summed E-state index contributed by atoms with van der Waals surface area (Å²) in [5.74, 6) is 0. The lowest BCUT2D eigenvalue weighted by Crippen LogP contribution is -2.12. The van der Waals surface area contributed by atoms with Crippen LogP contribution in [0.15, 0.2) is 76.1 Å². The summed E-state index contributed by atoms with van der Waals surface area (Å²) in [5.41, 5.74) is 2.84. The highest BCUT2D eigenvalue weighted by Gasteiger charge is 2.16. The molecule has 144 valence electrons. The van der Waals surface area contributed by atoms with Crippen LogP contribution in [-0.4, -0.2) is 13.0 Å². The molecule has 0 saturated carbocycles. The molecule has 0 amide bonds. The lowest BCUT2D eigenvalue weighted by atomic mass is 10.1. The Labute approximate surface area is 173 Å². The van der Waals surface area contributed by atoms with Crippen LogP contribution >= 0.6 is 15.9 Å². The lowest BCUT2D eigenvalue weighted by Gasteiger charge is -2.09. The lowest BCUT2D eigenvalue weighted by molar-refractivity contribution is 0.601. The largest absolute Gasteiger partial charge is 0.340 e. The third-order valence-corrected chi connectivity index (χ3v) is 6.76. The predicted molar refractivity (Wildman–Crippen MR) is 119 cm³/mol. The Hall–Kier alpha value is -2.31. The quantitative estimate of drug-likeness (QED) is 0.377. The van der Waals surface area contributed by atoms with Crippen molar-refractivity contribution < 1.29 is 8.42 Å². The van der Waals surface area contributed by atoms with Gasteiger partial charge in [0.1, 0.15) is 0 Å². The molecule has 1 aromatic heterocycles. The van der Waals surface area contributed by atoms with E-state index in [0.717, 1.165) is 45.7 Å². The molecule has 0 spiro atoms. The molecule has 1 N–H and O–H groups in total. The molecular weight excluding hydrogens is 436 g/mol. The smallest absolute Gasteiger partial charge is 0.261 e. The number of nitrogens with one attached hydrogen (secondary N) is 1. The number of rotatable bonds is 6. The minimum atomic E-state index is -3.62. The van der Waals surface area contributed by atoms with Gasteiger partial charge in [0.25, 0.3) is 10.0 Å². The van der Waals surface area contributed by atoms with E-state index < -0.39 is 10.0 Å². The van der Waals surface area contributed by atoms with Crippen LogP contribution in [0.4, 0.5) is 5.69 Å². The standard InChI is InChI=1S/C22H21BrN2O2S/c1-2-3-13-25-21-11-9-16(23)14-19(21)20-15-17(10-12-22(20)25)24-28(26,27)18-7-5-4-6-8-18/h4-12,14-15,24H,2-3,13H2,1H3. The fourth-order valence-corrected chi connectivity index (χ4v) is 4.94. The molecule has 6 heteroatoms. The van der Waals surface area contributed by atoms with E-state index in [9.17, 15) is 8.42 Å². The zero-order valence-electron chi connectivity index (χ0n) is 15.5. The van der Waals surface area contributed by atoms with Gasteiger partial charge < -0.3 is 4.57 Å². The summed E-state index contributed by atoms with van der Waals surface area (Å²) in [6.07, 6.45) is 2.21. The third-order valence-electron chi connectivity index (χ3n) is 4.87. The number of unbranched alkanes of at least 4 members (excludes halogenated alkanes) is 1. The van der Waals surface area contributed by atoms with E-state index in [1.165, 1.54) is 0 Å². The molecule has 4 aromatic rings. The highest BCUT2D eigenvalue weighted by atomic mass is 79.9. The summed E-state index contributed by atoms with van der Waals surface area (Å²) >= 11 is 3.56. The van der Waals surface area contributed by atoms with Crippen molar-refractivity contribution in [2.75, 3.05) is 4.72 Å². The van der Waals surface area contributed by atoms with Crippen LogP contribution < -0.4 is 4.72 Å². The Balaban J connectivity index is 1.82. The summed E-state index contributed by atoms with van der Waals surface area (Å²) in [6, 6.07) is 20.4. The van der Waals surface area contributed by atoms with Gasteiger partial charge in [0, 0.05) is 38.5 Å². The molecule has 28 heavy (non-hydrogen) atoms. The van der Waals surface area contributed by atoms with Crippen molar-refractivity contribution in [1.82, 2.24) is 4.57 Å². The van der Waals surface area contributed by atoms with Crippen molar-refractivity contribution in [3.63, 3.8) is 0 Å². The van der Waals surface area contributed by atoms with Crippen molar-refractivity contribution in [2.24, 2.45) is 0 Å². The normalized spacial score (nSPS) is 11.9. The number of anilines is 1. The van der Waals surface area contributed by atoms with Crippen molar-refractivity contribution in [2.45, 2.75) is 31.2 Å². The van der Waals surface area contributed by atoms with Gasteiger partial charge in [-0.05, 0) is 55.0 Å². The molecule has 4 nitrogen and oxygen atoms in total. The molecule has 0 bridgehead atoms. The van der Waals surface area contributed by atoms with Crippen molar-refractivity contribution >= 4 is 53.4 Å². The Bertz CT molecular complexity index is 1250. The molecule has 0 aliphatic carbocycles. The van der Waals surface area contributed by atoms with Crippen LogP contribution in [0.2, 0.25) is 0 Å². The average Bonchev–Trinajstić information content (AvgIpc) is 2.99. The van der Waals surface area contributed by atoms with Gasteiger partial charge in [-0.15, -0.1) is 0 Å². The summed E-state index contributed by atoms with van der Waals surface area (Å²) in [6.45, 7) is 3.12. The van der Waals surface area contributed by atoms with Gasteiger partial charge in [-0.3, -0.25) is 4.72 Å². The van der Waals surface area contributed by atoms with Crippen molar-refractivity contribution in [1.29, 1.82) is 0 Å². The number of hydrogen-bond donors (Lipinski definition) is 1. The molecule has 0 aliphatic heterocycles. The van der Waals surface area contributed by atoms with E-state index in [-0.39, 0.29) is 4.90 Å². The fraction of sp³-hybridized carbons (Fsp3) is 0.182. The van der Waals surface area contributed by atoms with Crippen molar-refractivity contribution in [3.8, 4) is 0 Å². The Kier molecular flexibility index (Phi) is 5.17. The maximum Gasteiger partial charge on any atom is 0.261 e. The van der Waals surface area contributed by atoms with Gasteiger partial charge >= 0.3 is 0 Å². The molecule has 0 radical (unpaired) electrons. The maximum atomic E-state index is 12.7. The van der Waals surface area contributed by atoms with Gasteiger partial charge in [0.15, 0.2) is 0 Å². The van der Waals surface area contributed by atoms with Crippen LogP contribution in [0.5, 0.6) is 0 Å². The van der Waals surface area contributed by atoms with Crippen LogP contribution in [0.1, 0.15) is 19.8 Å². The van der Waals surface area contributed by atoms with Crippen LogP contribution in [0, 0.1) is 0 Å². The second-order valence-electron chi connectivity index (χ2n) is 6.82. The number of benzene rings is 3. The van der Waals surface area contributed by atoms with E-state index in [4.69, 9.17) is 0 Å². The number of sulfonamides is 1. The fourth-order valence-electron chi connectivity index (χ4n) is 3.51. The molecule has 0 unspecified atom stereocenters. The number of halogens is 1. The monoisotopic (exact) mass is 456 g/mol. The van der Waals surface area contributed by atoms with Gasteiger partial charge in [-0.1, -0.05) is 47.5 Å². The summed E-state index contributed by atoms with van der Waals surface area (Å²) < 4.78 is 31.4. The first-order valence-electron chi connectivity index (χ1n) is 9.29. The number of fused-ring (bicyclic) bond motifs is 3. The topological polar surface area (TPSA) is 51.1 Å². The Morgan fingerprint density at radius 3 is 2.32 bits per heavy atom. The highest BCUT2D eigenvalue weighted by Crippen LogP contribution is 2.33. The first-order valence-corrected chi connectivity index (χ1v) is 11.6. The molecular formula is C22H21BrN2O2S. The van der Waals surface area contributed by atoms with Crippen LogP contribution in [0.3, 0.4) is 0 Å². The van der Waals surface area contributed by atoms with Crippen molar-refractivity contribution in [3.05, 3.63) is 71.2 Å². The van der Waals surface area contributed by atoms with Gasteiger partial charge in [-0.25, -0.2) is 8.42 Å². The van der Waals surface area contributed by atoms with E-state index >= 15 is 0 Å². The third kappa shape index (κ3) is 3.54. The molecule has 1 heterocycles. The molecule has 3 aromatic carbocycles. The minimum Gasteiger partial charge on any atom is -0.340 e. The first-order chi connectivity index (χ1) is 13.5. The average molecular weight is 457 g/mol.